The molecule has 0 fully saturated rings. The largest absolute Gasteiger partial charge is 0.467 e. The molecule has 1 aliphatic heterocycles. The third-order valence-corrected chi connectivity index (χ3v) is 5.38. The summed E-state index contributed by atoms with van der Waals surface area (Å²) in [6, 6.07) is 2.51. The van der Waals surface area contributed by atoms with E-state index in [0.717, 1.165) is 0 Å². The highest BCUT2D eigenvalue weighted by Gasteiger charge is 2.36. The number of alkyl halides is 3. The van der Waals surface area contributed by atoms with Crippen LogP contribution in [-0.2, 0) is 16.1 Å². The maximum atomic E-state index is 13.0. The zero-order chi connectivity index (χ0) is 23.6. The maximum absolute atomic E-state index is 13.0. The summed E-state index contributed by atoms with van der Waals surface area (Å²) in [5, 5.41) is -0.0963. The number of carbonyl (C=O) groups excluding carboxylic acids is 2. The van der Waals surface area contributed by atoms with Gasteiger partial charge in [-0.15, -0.1) is 0 Å². The molecule has 0 N–H and O–H groups in total. The number of esters is 1. The van der Waals surface area contributed by atoms with Gasteiger partial charge in [-0.3, -0.25) is 14.6 Å². The second kappa shape index (κ2) is 9.32. The summed E-state index contributed by atoms with van der Waals surface area (Å²) in [6.45, 7) is 4.04. The van der Waals surface area contributed by atoms with Crippen molar-refractivity contribution in [2.75, 3.05) is 13.2 Å². The number of ether oxygens (including phenoxy) is 2. The van der Waals surface area contributed by atoms with E-state index in [1.165, 1.54) is 18.5 Å². The fraction of sp³-hybridized carbons (Fsp3) is 0.429. The smallest absolute Gasteiger partial charge is 0.422 e. The first kappa shape index (κ1) is 23.8. The molecule has 11 heteroatoms. The molecule has 7 nitrogen and oxygen atoms in total. The molecule has 2 aromatic rings. The van der Waals surface area contributed by atoms with Crippen LogP contribution in [0.2, 0.25) is 5.02 Å². The summed E-state index contributed by atoms with van der Waals surface area (Å²) in [4.78, 5) is 34.9. The van der Waals surface area contributed by atoms with Crippen LogP contribution in [0.15, 0.2) is 24.5 Å². The number of rotatable bonds is 7. The van der Waals surface area contributed by atoms with E-state index in [1.807, 2.05) is 0 Å². The number of carbonyl (C=O) groups is 2. The fourth-order valence-corrected chi connectivity index (χ4v) is 3.67. The van der Waals surface area contributed by atoms with Crippen LogP contribution in [0.25, 0.3) is 0 Å². The Morgan fingerprint density at radius 3 is 2.66 bits per heavy atom. The topological polar surface area (TPSA) is 81.6 Å². The molecule has 1 aliphatic rings. The van der Waals surface area contributed by atoms with Gasteiger partial charge in [0, 0.05) is 30.1 Å². The van der Waals surface area contributed by atoms with Gasteiger partial charge in [-0.25, -0.2) is 4.98 Å². The van der Waals surface area contributed by atoms with E-state index in [0.29, 0.717) is 22.4 Å². The Balaban J connectivity index is 1.82. The minimum absolute atomic E-state index is 0.0963. The predicted octanol–water partition coefficient (Wildman–Crippen LogP) is 4.45. The lowest BCUT2D eigenvalue weighted by Gasteiger charge is -2.25. The normalized spacial score (nSPS) is 15.3. The van der Waals surface area contributed by atoms with Gasteiger partial charge < -0.3 is 14.4 Å². The SMILES string of the molecule is CCOC(=O)C(C)c1nccc2c1CN(C(C)c1cnc(OCC(F)(F)F)c(Cl)c1)C2=O. The van der Waals surface area contributed by atoms with Gasteiger partial charge in [-0.2, -0.15) is 13.2 Å². The van der Waals surface area contributed by atoms with Gasteiger partial charge in [0.15, 0.2) is 6.61 Å². The second-order valence-corrected chi connectivity index (χ2v) is 7.67. The molecule has 3 rings (SSSR count). The Hall–Kier alpha value is -2.88. The van der Waals surface area contributed by atoms with E-state index in [1.54, 1.807) is 31.7 Å². The van der Waals surface area contributed by atoms with Crippen LogP contribution in [0.1, 0.15) is 59.9 Å². The molecule has 0 aliphatic carbocycles. The van der Waals surface area contributed by atoms with Crippen molar-refractivity contribution in [3.05, 3.63) is 51.9 Å². The highest BCUT2D eigenvalue weighted by Crippen LogP contribution is 2.36. The molecule has 2 unspecified atom stereocenters. The van der Waals surface area contributed by atoms with Crippen LogP contribution in [0.5, 0.6) is 5.88 Å². The van der Waals surface area contributed by atoms with Crippen LogP contribution < -0.4 is 4.74 Å². The lowest BCUT2D eigenvalue weighted by molar-refractivity contribution is -0.154. The number of nitrogens with zero attached hydrogens (tertiary/aromatic N) is 3. The number of hydrogen-bond acceptors (Lipinski definition) is 6. The van der Waals surface area contributed by atoms with E-state index < -0.39 is 30.7 Å². The second-order valence-electron chi connectivity index (χ2n) is 7.26. The molecule has 32 heavy (non-hydrogen) atoms. The molecule has 0 radical (unpaired) electrons. The van der Waals surface area contributed by atoms with Crippen molar-refractivity contribution in [1.82, 2.24) is 14.9 Å². The van der Waals surface area contributed by atoms with Crippen molar-refractivity contribution < 1.29 is 32.2 Å². The molecule has 2 aromatic heterocycles. The molecule has 0 bridgehead atoms. The summed E-state index contributed by atoms with van der Waals surface area (Å²) in [6.07, 6.45) is -1.72. The van der Waals surface area contributed by atoms with Crippen molar-refractivity contribution in [3.8, 4) is 5.88 Å². The van der Waals surface area contributed by atoms with Crippen molar-refractivity contribution in [2.24, 2.45) is 0 Å². The van der Waals surface area contributed by atoms with Crippen molar-refractivity contribution >= 4 is 23.5 Å². The lowest BCUT2D eigenvalue weighted by atomic mass is 9.99. The summed E-state index contributed by atoms with van der Waals surface area (Å²) >= 11 is 6.05. The van der Waals surface area contributed by atoms with Crippen LogP contribution in [0.3, 0.4) is 0 Å². The Morgan fingerprint density at radius 2 is 2.03 bits per heavy atom. The van der Waals surface area contributed by atoms with E-state index in [4.69, 9.17) is 16.3 Å². The Bertz CT molecular complexity index is 1030. The van der Waals surface area contributed by atoms with Gasteiger partial charge in [0.1, 0.15) is 5.02 Å². The van der Waals surface area contributed by atoms with Gasteiger partial charge in [-0.05, 0) is 38.5 Å². The number of fused-ring (bicyclic) bond motifs is 1. The first-order chi connectivity index (χ1) is 15.0. The molecule has 2 atom stereocenters. The lowest BCUT2D eigenvalue weighted by Crippen LogP contribution is -2.27. The average Bonchev–Trinajstić information content (AvgIpc) is 3.08. The van der Waals surface area contributed by atoms with Gasteiger partial charge in [0.25, 0.3) is 5.91 Å². The van der Waals surface area contributed by atoms with Crippen molar-refractivity contribution in [2.45, 2.75) is 45.5 Å². The molecule has 0 saturated carbocycles. The minimum atomic E-state index is -4.52. The van der Waals surface area contributed by atoms with Crippen LogP contribution >= 0.6 is 11.6 Å². The molecular formula is C21H21ClF3N3O4. The van der Waals surface area contributed by atoms with Gasteiger partial charge >= 0.3 is 12.1 Å². The summed E-state index contributed by atoms with van der Waals surface area (Å²) in [5.41, 5.74) is 2.05. The summed E-state index contributed by atoms with van der Waals surface area (Å²) in [7, 11) is 0. The third kappa shape index (κ3) is 4.95. The maximum Gasteiger partial charge on any atom is 0.422 e. The summed E-state index contributed by atoms with van der Waals surface area (Å²) < 4.78 is 46.8. The standard InChI is InChI=1S/C21H21ClF3N3O4/c1-4-31-20(30)11(2)17-15-9-28(19(29)14(15)5-6-26-17)12(3)13-7-16(22)18(27-8-13)32-10-21(23,24)25/h5-8,11-12H,4,9-10H2,1-3H3. The zero-order valence-corrected chi connectivity index (χ0v) is 18.3. The number of pyridine rings is 2. The highest BCUT2D eigenvalue weighted by molar-refractivity contribution is 6.31. The van der Waals surface area contributed by atoms with E-state index in [2.05, 4.69) is 14.7 Å². The first-order valence-corrected chi connectivity index (χ1v) is 10.2. The Kier molecular flexibility index (Phi) is 6.92. The van der Waals surface area contributed by atoms with Crippen LogP contribution in [-0.4, -0.2) is 46.1 Å². The minimum Gasteiger partial charge on any atom is -0.467 e. The van der Waals surface area contributed by atoms with E-state index in [-0.39, 0.29) is 30.0 Å². The van der Waals surface area contributed by atoms with Crippen molar-refractivity contribution in [1.29, 1.82) is 0 Å². The monoisotopic (exact) mass is 471 g/mol. The molecule has 3 heterocycles. The van der Waals surface area contributed by atoms with Crippen LogP contribution in [0.4, 0.5) is 13.2 Å². The first-order valence-electron chi connectivity index (χ1n) is 9.83. The van der Waals surface area contributed by atoms with E-state index >= 15 is 0 Å². The quantitative estimate of drug-likeness (QED) is 0.555. The molecule has 0 spiro atoms. The van der Waals surface area contributed by atoms with Gasteiger partial charge in [0.2, 0.25) is 5.88 Å². The number of aromatic nitrogens is 2. The fourth-order valence-electron chi connectivity index (χ4n) is 3.44. The van der Waals surface area contributed by atoms with Gasteiger partial charge in [-0.1, -0.05) is 11.6 Å². The average molecular weight is 472 g/mol. The number of halogens is 4. The van der Waals surface area contributed by atoms with Gasteiger partial charge in [0.05, 0.1) is 24.3 Å². The molecule has 1 amide bonds. The third-order valence-electron chi connectivity index (χ3n) is 5.11. The number of amides is 1. The molecular weight excluding hydrogens is 451 g/mol. The Morgan fingerprint density at radius 1 is 1.31 bits per heavy atom. The molecule has 0 saturated heterocycles. The molecule has 172 valence electrons. The molecule has 0 aromatic carbocycles. The predicted molar refractivity (Wildman–Crippen MR) is 108 cm³/mol. The van der Waals surface area contributed by atoms with E-state index in [9.17, 15) is 22.8 Å². The van der Waals surface area contributed by atoms with Crippen LogP contribution in [0, 0.1) is 0 Å². The number of hydrogen-bond donors (Lipinski definition) is 0. The Labute approximate surface area is 187 Å². The zero-order valence-electron chi connectivity index (χ0n) is 17.6. The summed E-state index contributed by atoms with van der Waals surface area (Å²) in [5.74, 6) is -1.68. The highest BCUT2D eigenvalue weighted by atomic mass is 35.5. The van der Waals surface area contributed by atoms with Crippen molar-refractivity contribution in [3.63, 3.8) is 0 Å².